The molecule has 0 atom stereocenters. The van der Waals surface area contributed by atoms with Gasteiger partial charge in [0, 0.05) is 6.61 Å². The Hall–Kier alpha value is -1.95. The summed E-state index contributed by atoms with van der Waals surface area (Å²) in [5, 5.41) is 11.1. The summed E-state index contributed by atoms with van der Waals surface area (Å²) in [7, 11) is 0. The van der Waals surface area contributed by atoms with Gasteiger partial charge in [-0.2, -0.15) is 0 Å². The van der Waals surface area contributed by atoms with Gasteiger partial charge in [-0.15, -0.1) is 0 Å². The molecule has 0 radical (unpaired) electrons. The number of hydrogen-bond donors (Lipinski definition) is 2. The number of anilines is 1. The van der Waals surface area contributed by atoms with Gasteiger partial charge in [0.1, 0.15) is 5.82 Å². The lowest BCUT2D eigenvalue weighted by Crippen LogP contribution is -2.15. The van der Waals surface area contributed by atoms with Gasteiger partial charge in [-0.25, -0.2) is 9.18 Å². The summed E-state index contributed by atoms with van der Waals surface area (Å²) in [6.45, 7) is 0.978. The molecule has 108 valence electrons. The maximum absolute atomic E-state index is 13.6. The largest absolute Gasteiger partial charge is 0.478 e. The molecule has 1 aliphatic carbocycles. The predicted molar refractivity (Wildman–Crippen MR) is 70.1 cm³/mol. The van der Waals surface area contributed by atoms with Crippen LogP contribution in [-0.2, 0) is 9.53 Å². The molecule has 6 heteroatoms. The molecule has 1 saturated carbocycles. The Labute approximate surface area is 115 Å². The van der Waals surface area contributed by atoms with E-state index in [0.717, 1.165) is 6.07 Å². The number of benzene rings is 1. The third-order valence-corrected chi connectivity index (χ3v) is 3.01. The first-order valence-corrected chi connectivity index (χ1v) is 6.46. The fourth-order valence-corrected chi connectivity index (χ4v) is 1.66. The first-order valence-electron chi connectivity index (χ1n) is 6.46. The maximum Gasteiger partial charge on any atom is 0.335 e. The summed E-state index contributed by atoms with van der Waals surface area (Å²) >= 11 is 0. The molecule has 1 amide bonds. The number of carboxylic acids is 1. The molecule has 0 saturated heterocycles. The molecule has 0 bridgehead atoms. The zero-order valence-corrected chi connectivity index (χ0v) is 10.9. The second-order valence-electron chi connectivity index (χ2n) is 4.82. The third kappa shape index (κ3) is 4.31. The summed E-state index contributed by atoms with van der Waals surface area (Å²) in [5.41, 5.74) is -0.185. The van der Waals surface area contributed by atoms with Crippen molar-refractivity contribution in [1.82, 2.24) is 0 Å². The number of aromatic carboxylic acids is 1. The summed E-state index contributed by atoms with van der Waals surface area (Å²) in [4.78, 5) is 22.2. The Morgan fingerprint density at radius 2 is 2.15 bits per heavy atom. The number of carbonyl (C=O) groups is 2. The molecule has 0 spiro atoms. The monoisotopic (exact) mass is 281 g/mol. The van der Waals surface area contributed by atoms with Gasteiger partial charge in [0.25, 0.3) is 0 Å². The van der Waals surface area contributed by atoms with Crippen molar-refractivity contribution >= 4 is 17.6 Å². The van der Waals surface area contributed by atoms with Crippen molar-refractivity contribution in [2.24, 2.45) is 5.92 Å². The van der Waals surface area contributed by atoms with E-state index >= 15 is 0 Å². The zero-order chi connectivity index (χ0) is 14.5. The molecule has 1 aliphatic rings. The van der Waals surface area contributed by atoms with Crippen LogP contribution in [-0.4, -0.2) is 30.2 Å². The minimum absolute atomic E-state index is 0.0257. The van der Waals surface area contributed by atoms with Gasteiger partial charge in [0.15, 0.2) is 0 Å². The Bertz CT molecular complexity index is 514. The van der Waals surface area contributed by atoms with Crippen LogP contribution >= 0.6 is 0 Å². The fourth-order valence-electron chi connectivity index (χ4n) is 1.66. The first-order chi connectivity index (χ1) is 9.56. The highest BCUT2D eigenvalue weighted by Crippen LogP contribution is 2.28. The van der Waals surface area contributed by atoms with Gasteiger partial charge >= 0.3 is 5.97 Å². The second-order valence-corrected chi connectivity index (χ2v) is 4.82. The highest BCUT2D eigenvalue weighted by atomic mass is 19.1. The number of ether oxygens (including phenoxy) is 1. The summed E-state index contributed by atoms with van der Waals surface area (Å²) in [6.07, 6.45) is 2.52. The Kier molecular flexibility index (Phi) is 4.68. The van der Waals surface area contributed by atoms with Crippen molar-refractivity contribution in [3.8, 4) is 0 Å². The quantitative estimate of drug-likeness (QED) is 0.752. The van der Waals surface area contributed by atoms with E-state index in [-0.39, 0.29) is 23.6 Å². The van der Waals surface area contributed by atoms with Crippen molar-refractivity contribution in [3.63, 3.8) is 0 Å². The molecule has 1 aromatic rings. The van der Waals surface area contributed by atoms with Crippen molar-refractivity contribution in [3.05, 3.63) is 29.6 Å². The molecule has 0 heterocycles. The van der Waals surface area contributed by atoms with E-state index in [1.54, 1.807) is 0 Å². The number of halogens is 1. The van der Waals surface area contributed by atoms with Crippen molar-refractivity contribution in [2.45, 2.75) is 19.3 Å². The lowest BCUT2D eigenvalue weighted by atomic mass is 10.2. The van der Waals surface area contributed by atoms with Crippen molar-refractivity contribution < 1.29 is 23.8 Å². The lowest BCUT2D eigenvalue weighted by molar-refractivity contribution is -0.117. The number of rotatable bonds is 7. The average Bonchev–Trinajstić information content (AvgIpc) is 3.21. The summed E-state index contributed by atoms with van der Waals surface area (Å²) in [5.74, 6) is -1.70. The summed E-state index contributed by atoms with van der Waals surface area (Å²) < 4.78 is 18.9. The Balaban J connectivity index is 1.79. The van der Waals surface area contributed by atoms with Crippen LogP contribution in [0.2, 0.25) is 0 Å². The maximum atomic E-state index is 13.6. The number of carboxylic acid groups (broad SMARTS) is 1. The molecule has 0 aliphatic heterocycles. The minimum atomic E-state index is -1.21. The van der Waals surface area contributed by atoms with Gasteiger partial charge in [-0.3, -0.25) is 4.79 Å². The number of amides is 1. The molecular formula is C14H16FNO4. The highest BCUT2D eigenvalue weighted by Gasteiger charge is 2.21. The smallest absolute Gasteiger partial charge is 0.335 e. The normalized spacial score (nSPS) is 14.1. The Morgan fingerprint density at radius 3 is 2.75 bits per heavy atom. The molecule has 0 unspecified atom stereocenters. The first kappa shape index (κ1) is 14.5. The van der Waals surface area contributed by atoms with Crippen molar-refractivity contribution in [2.75, 3.05) is 18.5 Å². The minimum Gasteiger partial charge on any atom is -0.478 e. The van der Waals surface area contributed by atoms with Crippen LogP contribution in [0.15, 0.2) is 18.2 Å². The van der Waals surface area contributed by atoms with E-state index in [1.165, 1.54) is 25.0 Å². The molecule has 2 rings (SSSR count). The average molecular weight is 281 g/mol. The van der Waals surface area contributed by atoms with Crippen LogP contribution in [0.4, 0.5) is 10.1 Å². The zero-order valence-electron chi connectivity index (χ0n) is 10.9. The standard InChI is InChI=1S/C14H16FNO4/c15-11-7-10(14(18)19)3-4-12(11)16-13(17)5-6-20-8-9-1-2-9/h3-4,7,9H,1-2,5-6,8H2,(H,16,17)(H,18,19). The van der Waals surface area contributed by atoms with Gasteiger partial charge < -0.3 is 15.2 Å². The molecule has 0 aromatic heterocycles. The Morgan fingerprint density at radius 1 is 1.40 bits per heavy atom. The predicted octanol–water partition coefficient (Wildman–Crippen LogP) is 2.28. The highest BCUT2D eigenvalue weighted by molar-refractivity contribution is 5.92. The number of carbonyl (C=O) groups excluding carboxylic acids is 1. The van der Waals surface area contributed by atoms with Gasteiger partial charge in [-0.1, -0.05) is 0 Å². The number of nitrogens with one attached hydrogen (secondary N) is 1. The molecule has 2 N–H and O–H groups in total. The van der Waals surface area contributed by atoms with Crippen LogP contribution in [0.25, 0.3) is 0 Å². The van der Waals surface area contributed by atoms with Gasteiger partial charge in [0.2, 0.25) is 5.91 Å². The lowest BCUT2D eigenvalue weighted by Gasteiger charge is -2.07. The molecule has 20 heavy (non-hydrogen) atoms. The van der Waals surface area contributed by atoms with Crippen LogP contribution < -0.4 is 5.32 Å². The van der Waals surface area contributed by atoms with Crippen LogP contribution in [0.5, 0.6) is 0 Å². The van der Waals surface area contributed by atoms with E-state index in [2.05, 4.69) is 5.32 Å². The van der Waals surface area contributed by atoms with Crippen LogP contribution in [0.3, 0.4) is 0 Å². The van der Waals surface area contributed by atoms with E-state index < -0.39 is 11.8 Å². The van der Waals surface area contributed by atoms with E-state index in [9.17, 15) is 14.0 Å². The summed E-state index contributed by atoms with van der Waals surface area (Å²) in [6, 6.07) is 3.36. The molecular weight excluding hydrogens is 265 g/mol. The van der Waals surface area contributed by atoms with Gasteiger partial charge in [0.05, 0.1) is 24.3 Å². The molecule has 1 aromatic carbocycles. The number of hydrogen-bond acceptors (Lipinski definition) is 3. The molecule has 5 nitrogen and oxygen atoms in total. The SMILES string of the molecule is O=C(CCOCC1CC1)Nc1ccc(C(=O)O)cc1F. The van der Waals surface area contributed by atoms with Crippen LogP contribution in [0.1, 0.15) is 29.6 Å². The third-order valence-electron chi connectivity index (χ3n) is 3.01. The van der Waals surface area contributed by atoms with Crippen LogP contribution in [0, 0.1) is 11.7 Å². The van der Waals surface area contributed by atoms with Gasteiger partial charge in [-0.05, 0) is 37.0 Å². The second kappa shape index (κ2) is 6.47. The topological polar surface area (TPSA) is 75.6 Å². The molecule has 1 fully saturated rings. The van der Waals surface area contributed by atoms with E-state index in [1.807, 2.05) is 0 Å². The van der Waals surface area contributed by atoms with Crippen molar-refractivity contribution in [1.29, 1.82) is 0 Å². The fraction of sp³-hybridized carbons (Fsp3) is 0.429. The van der Waals surface area contributed by atoms with E-state index in [4.69, 9.17) is 9.84 Å². The van der Waals surface area contributed by atoms with E-state index in [0.29, 0.717) is 19.1 Å².